The second kappa shape index (κ2) is 7.48. The van der Waals surface area contributed by atoms with Crippen molar-refractivity contribution in [3.63, 3.8) is 0 Å². The Morgan fingerprint density at radius 3 is 2.72 bits per heavy atom. The van der Waals surface area contributed by atoms with Gasteiger partial charge in [0.15, 0.2) is 0 Å². The first-order valence-electron chi connectivity index (χ1n) is 7.77. The van der Waals surface area contributed by atoms with Crippen molar-refractivity contribution >= 4 is 48.3 Å². The van der Waals surface area contributed by atoms with Crippen LogP contribution in [0.25, 0.3) is 0 Å². The smallest absolute Gasteiger partial charge is 0.272 e. The van der Waals surface area contributed by atoms with E-state index in [-0.39, 0.29) is 15.4 Å². The highest BCUT2D eigenvalue weighted by Crippen LogP contribution is 2.27. The van der Waals surface area contributed by atoms with Gasteiger partial charge in [-0.1, -0.05) is 40.3 Å². The van der Waals surface area contributed by atoms with Crippen LogP contribution in [0.15, 0.2) is 33.1 Å². The van der Waals surface area contributed by atoms with E-state index in [1.807, 2.05) is 6.07 Å². The topological polar surface area (TPSA) is 92.3 Å². The Labute approximate surface area is 158 Å². The Balaban J connectivity index is 1.72. The molecule has 1 N–H and O–H groups in total. The number of benzene rings is 1. The summed E-state index contributed by atoms with van der Waals surface area (Å²) in [5, 5.41) is 10.3. The number of piperidine rings is 1. The normalized spacial score (nSPS) is 16.7. The molecule has 0 radical (unpaired) electrons. The molecule has 7 nitrogen and oxygen atoms in total. The average Bonchev–Trinajstić information content (AvgIpc) is 3.04. The number of halogens is 1. The van der Waals surface area contributed by atoms with Gasteiger partial charge in [0.2, 0.25) is 9.47 Å². The third-order valence-corrected chi connectivity index (χ3v) is 7.59. The highest BCUT2D eigenvalue weighted by molar-refractivity contribution is 9.10. The zero-order valence-electron chi connectivity index (χ0n) is 13.5. The van der Waals surface area contributed by atoms with E-state index in [1.54, 1.807) is 18.2 Å². The van der Waals surface area contributed by atoms with Crippen LogP contribution in [-0.2, 0) is 10.0 Å². The van der Waals surface area contributed by atoms with Gasteiger partial charge in [0.05, 0.1) is 0 Å². The molecule has 1 aromatic carbocycles. The monoisotopic (exact) mass is 444 g/mol. The molecule has 1 fully saturated rings. The lowest BCUT2D eigenvalue weighted by atomic mass is 10.0. The fourth-order valence-corrected chi connectivity index (χ4v) is 5.40. The fraction of sp³-hybridized carbons (Fsp3) is 0.400. The largest absolute Gasteiger partial charge is 0.296 e. The first-order chi connectivity index (χ1) is 11.9. The van der Waals surface area contributed by atoms with Crippen molar-refractivity contribution in [1.82, 2.24) is 14.5 Å². The summed E-state index contributed by atoms with van der Waals surface area (Å²) in [7, 11) is -3.65. The van der Waals surface area contributed by atoms with Crippen LogP contribution in [0.4, 0.5) is 5.13 Å². The predicted molar refractivity (Wildman–Crippen MR) is 99.2 cm³/mol. The Hall–Kier alpha value is -1.36. The van der Waals surface area contributed by atoms with Gasteiger partial charge in [-0.2, -0.15) is 4.31 Å². The number of nitrogens with one attached hydrogen (secondary N) is 1. The lowest BCUT2D eigenvalue weighted by Crippen LogP contribution is -2.37. The molecule has 0 atom stereocenters. The summed E-state index contributed by atoms with van der Waals surface area (Å²) >= 11 is 4.17. The van der Waals surface area contributed by atoms with Crippen LogP contribution in [0, 0.1) is 5.92 Å². The van der Waals surface area contributed by atoms with E-state index >= 15 is 0 Å². The van der Waals surface area contributed by atoms with Crippen LogP contribution < -0.4 is 5.32 Å². The first kappa shape index (κ1) is 18.4. The molecule has 0 spiro atoms. The Bertz CT molecular complexity index is 876. The number of amides is 1. The first-order valence-corrected chi connectivity index (χ1v) is 10.8. The number of nitrogens with zero attached hydrogens (tertiary/aromatic N) is 3. The predicted octanol–water partition coefficient (Wildman–Crippen LogP) is 2.97. The zero-order chi connectivity index (χ0) is 18.0. The van der Waals surface area contributed by atoms with E-state index in [1.165, 1.54) is 4.31 Å². The lowest BCUT2D eigenvalue weighted by molar-refractivity contribution is 0.102. The maximum Gasteiger partial charge on any atom is 0.272 e. The summed E-state index contributed by atoms with van der Waals surface area (Å²) in [5.41, 5.74) is 0.444. The van der Waals surface area contributed by atoms with Gasteiger partial charge in [-0.3, -0.25) is 10.1 Å². The Morgan fingerprint density at radius 2 is 2.04 bits per heavy atom. The van der Waals surface area contributed by atoms with Crippen LogP contribution in [-0.4, -0.2) is 41.9 Å². The summed E-state index contributed by atoms with van der Waals surface area (Å²) in [6.07, 6.45) is 1.68. The fourth-order valence-electron chi connectivity index (χ4n) is 2.50. The SMILES string of the molecule is CC1CCN(S(=O)(=O)c2nnc(NC(=O)c3cccc(Br)c3)s2)CC1. The molecule has 1 aliphatic heterocycles. The summed E-state index contributed by atoms with van der Waals surface area (Å²) in [5.74, 6) is 0.161. The Morgan fingerprint density at radius 1 is 1.32 bits per heavy atom. The molecule has 134 valence electrons. The van der Waals surface area contributed by atoms with E-state index in [4.69, 9.17) is 0 Å². The number of hydrogen-bond acceptors (Lipinski definition) is 6. The minimum absolute atomic E-state index is 0.0911. The van der Waals surface area contributed by atoms with Crippen molar-refractivity contribution in [1.29, 1.82) is 0 Å². The van der Waals surface area contributed by atoms with Gasteiger partial charge < -0.3 is 0 Å². The number of sulfonamides is 1. The molecule has 25 heavy (non-hydrogen) atoms. The third kappa shape index (κ3) is 4.25. The lowest BCUT2D eigenvalue weighted by Gasteiger charge is -2.28. The Kier molecular flexibility index (Phi) is 5.52. The summed E-state index contributed by atoms with van der Waals surface area (Å²) < 4.78 is 27.4. The summed E-state index contributed by atoms with van der Waals surface area (Å²) in [6, 6.07) is 6.88. The average molecular weight is 445 g/mol. The molecule has 0 unspecified atom stereocenters. The highest BCUT2D eigenvalue weighted by Gasteiger charge is 2.31. The molecular weight excluding hydrogens is 428 g/mol. The minimum atomic E-state index is -3.65. The molecule has 2 heterocycles. The van der Waals surface area contributed by atoms with Gasteiger partial charge in [-0.15, -0.1) is 10.2 Å². The number of rotatable bonds is 4. The second-order valence-electron chi connectivity index (χ2n) is 5.92. The van der Waals surface area contributed by atoms with Crippen LogP contribution in [0.2, 0.25) is 0 Å². The van der Waals surface area contributed by atoms with Crippen LogP contribution in [0.5, 0.6) is 0 Å². The molecule has 1 saturated heterocycles. The van der Waals surface area contributed by atoms with E-state index in [0.717, 1.165) is 28.7 Å². The van der Waals surface area contributed by atoms with E-state index in [9.17, 15) is 13.2 Å². The maximum atomic E-state index is 12.6. The number of carbonyl (C=O) groups is 1. The van der Waals surface area contributed by atoms with Crippen molar-refractivity contribution < 1.29 is 13.2 Å². The second-order valence-corrected chi connectivity index (χ2v) is 9.93. The number of aromatic nitrogens is 2. The molecule has 3 rings (SSSR count). The van der Waals surface area contributed by atoms with Crippen molar-refractivity contribution in [2.75, 3.05) is 18.4 Å². The van der Waals surface area contributed by atoms with Crippen molar-refractivity contribution in [2.45, 2.75) is 24.1 Å². The number of hydrogen-bond donors (Lipinski definition) is 1. The minimum Gasteiger partial charge on any atom is -0.296 e. The highest BCUT2D eigenvalue weighted by atomic mass is 79.9. The maximum absolute atomic E-state index is 12.6. The van der Waals surface area contributed by atoms with Gasteiger partial charge in [-0.25, -0.2) is 8.42 Å². The molecule has 1 aromatic heterocycles. The standard InChI is InChI=1S/C15H17BrN4O3S2/c1-10-5-7-20(8-6-10)25(22,23)15-19-18-14(24-15)17-13(21)11-3-2-4-12(16)9-11/h2-4,9-10H,5-8H2,1H3,(H,17,18,21). The molecule has 1 aliphatic rings. The van der Waals surface area contributed by atoms with Gasteiger partial charge in [0, 0.05) is 23.1 Å². The quantitative estimate of drug-likeness (QED) is 0.731. The van der Waals surface area contributed by atoms with Gasteiger partial charge >= 0.3 is 0 Å². The van der Waals surface area contributed by atoms with E-state index < -0.39 is 10.0 Å². The van der Waals surface area contributed by atoms with Crippen LogP contribution >= 0.6 is 27.3 Å². The summed E-state index contributed by atoms with van der Waals surface area (Å²) in [4.78, 5) is 12.2. The van der Waals surface area contributed by atoms with Crippen molar-refractivity contribution in [3.05, 3.63) is 34.3 Å². The zero-order valence-corrected chi connectivity index (χ0v) is 16.7. The van der Waals surface area contributed by atoms with Crippen LogP contribution in [0.3, 0.4) is 0 Å². The summed E-state index contributed by atoms with van der Waals surface area (Å²) in [6.45, 7) is 3.09. The molecule has 0 aliphatic carbocycles. The van der Waals surface area contributed by atoms with Crippen molar-refractivity contribution in [2.24, 2.45) is 5.92 Å². The third-order valence-electron chi connectivity index (χ3n) is 4.02. The van der Waals surface area contributed by atoms with E-state index in [0.29, 0.717) is 24.6 Å². The molecule has 0 bridgehead atoms. The van der Waals surface area contributed by atoms with Gasteiger partial charge in [0.25, 0.3) is 15.9 Å². The molecule has 1 amide bonds. The number of anilines is 1. The molecule has 0 saturated carbocycles. The van der Waals surface area contributed by atoms with Crippen LogP contribution in [0.1, 0.15) is 30.1 Å². The molecule has 2 aromatic rings. The molecular formula is C15H17BrN4O3S2. The number of carbonyl (C=O) groups excluding carboxylic acids is 1. The van der Waals surface area contributed by atoms with Gasteiger partial charge in [-0.05, 0) is 37.0 Å². The molecule has 10 heteroatoms. The van der Waals surface area contributed by atoms with E-state index in [2.05, 4.69) is 38.4 Å². The van der Waals surface area contributed by atoms with Gasteiger partial charge in [0.1, 0.15) is 0 Å². The van der Waals surface area contributed by atoms with Crippen molar-refractivity contribution in [3.8, 4) is 0 Å².